The SMILES string of the molecule is Cc1c(C(=O)OC(C)(C)C)sc2ncnc(N)c12. The Hall–Kier alpha value is -1.69. The van der Waals surface area contributed by atoms with Gasteiger partial charge in [0.1, 0.15) is 27.5 Å². The second-order valence-corrected chi connectivity index (χ2v) is 6.00. The van der Waals surface area contributed by atoms with Crippen molar-refractivity contribution in [3.63, 3.8) is 0 Å². The number of nitrogen functional groups attached to an aromatic ring is 1. The molecule has 0 unspecified atom stereocenters. The molecule has 2 aromatic rings. The Morgan fingerprint density at radius 1 is 1.39 bits per heavy atom. The van der Waals surface area contributed by atoms with Gasteiger partial charge in [0, 0.05) is 0 Å². The van der Waals surface area contributed by atoms with Gasteiger partial charge in [-0.2, -0.15) is 0 Å². The topological polar surface area (TPSA) is 78.1 Å². The molecule has 2 N–H and O–H groups in total. The lowest BCUT2D eigenvalue weighted by molar-refractivity contribution is 0.00747. The highest BCUT2D eigenvalue weighted by atomic mass is 32.1. The van der Waals surface area contributed by atoms with Crippen LogP contribution in [-0.2, 0) is 4.74 Å². The molecule has 0 aliphatic carbocycles. The van der Waals surface area contributed by atoms with Crippen LogP contribution >= 0.6 is 11.3 Å². The van der Waals surface area contributed by atoms with Gasteiger partial charge in [-0.1, -0.05) is 0 Å². The van der Waals surface area contributed by atoms with Crippen molar-refractivity contribution >= 4 is 33.3 Å². The molecule has 0 radical (unpaired) electrons. The normalized spacial score (nSPS) is 11.8. The van der Waals surface area contributed by atoms with Gasteiger partial charge in [0.15, 0.2) is 0 Å². The Kier molecular flexibility index (Phi) is 2.98. The Balaban J connectivity index is 2.50. The summed E-state index contributed by atoms with van der Waals surface area (Å²) in [5.74, 6) is 0.0472. The predicted octanol–water partition coefficient (Wildman–Crippen LogP) is 2.54. The molecule has 0 aliphatic heterocycles. The van der Waals surface area contributed by atoms with Crippen LogP contribution in [0.4, 0.5) is 5.82 Å². The van der Waals surface area contributed by atoms with E-state index in [-0.39, 0.29) is 5.97 Å². The van der Waals surface area contributed by atoms with E-state index in [1.54, 1.807) is 0 Å². The summed E-state index contributed by atoms with van der Waals surface area (Å²) in [7, 11) is 0. The summed E-state index contributed by atoms with van der Waals surface area (Å²) in [6, 6.07) is 0. The molecular weight excluding hydrogens is 250 g/mol. The largest absolute Gasteiger partial charge is 0.456 e. The summed E-state index contributed by atoms with van der Waals surface area (Å²) in [4.78, 5) is 21.4. The van der Waals surface area contributed by atoms with Crippen LogP contribution in [0.15, 0.2) is 6.33 Å². The lowest BCUT2D eigenvalue weighted by Gasteiger charge is -2.19. The number of thiophene rings is 1. The molecule has 2 heterocycles. The van der Waals surface area contributed by atoms with E-state index in [9.17, 15) is 4.79 Å². The van der Waals surface area contributed by atoms with Crippen molar-refractivity contribution < 1.29 is 9.53 Å². The highest BCUT2D eigenvalue weighted by Crippen LogP contribution is 2.32. The van der Waals surface area contributed by atoms with Crippen LogP contribution in [-0.4, -0.2) is 21.5 Å². The fourth-order valence-electron chi connectivity index (χ4n) is 1.62. The third-order valence-corrected chi connectivity index (χ3v) is 3.52. The van der Waals surface area contributed by atoms with E-state index in [0.717, 1.165) is 10.9 Å². The maximum absolute atomic E-state index is 12.1. The minimum atomic E-state index is -0.517. The van der Waals surface area contributed by atoms with Crippen molar-refractivity contribution in [1.82, 2.24) is 9.97 Å². The van der Waals surface area contributed by atoms with Crippen molar-refractivity contribution in [2.24, 2.45) is 0 Å². The highest BCUT2D eigenvalue weighted by Gasteiger charge is 2.23. The molecule has 0 aliphatic rings. The first kappa shape index (κ1) is 12.8. The maximum atomic E-state index is 12.1. The lowest BCUT2D eigenvalue weighted by atomic mass is 10.2. The third kappa shape index (κ3) is 2.28. The zero-order valence-corrected chi connectivity index (χ0v) is 11.6. The molecule has 0 saturated carbocycles. The second kappa shape index (κ2) is 4.20. The first-order chi connectivity index (χ1) is 8.29. The van der Waals surface area contributed by atoms with E-state index < -0.39 is 5.60 Å². The summed E-state index contributed by atoms with van der Waals surface area (Å²) >= 11 is 1.28. The van der Waals surface area contributed by atoms with Gasteiger partial charge < -0.3 is 10.5 Å². The van der Waals surface area contributed by atoms with Gasteiger partial charge in [0.05, 0.1) is 5.39 Å². The van der Waals surface area contributed by atoms with Gasteiger partial charge in [-0.25, -0.2) is 14.8 Å². The number of carbonyl (C=O) groups excluding carboxylic acids is 1. The third-order valence-electron chi connectivity index (χ3n) is 2.34. The molecule has 0 spiro atoms. The number of nitrogens with zero attached hydrogens (tertiary/aromatic N) is 2. The monoisotopic (exact) mass is 265 g/mol. The van der Waals surface area contributed by atoms with Crippen molar-refractivity contribution in [3.8, 4) is 0 Å². The Morgan fingerprint density at radius 3 is 2.61 bits per heavy atom. The molecule has 0 fully saturated rings. The molecule has 6 heteroatoms. The number of nitrogens with two attached hydrogens (primary N) is 1. The van der Waals surface area contributed by atoms with Gasteiger partial charge in [0.25, 0.3) is 0 Å². The molecule has 0 aromatic carbocycles. The van der Waals surface area contributed by atoms with E-state index in [0.29, 0.717) is 15.5 Å². The summed E-state index contributed by atoms with van der Waals surface area (Å²) in [5.41, 5.74) is 6.06. The molecule has 2 rings (SSSR count). The number of fused-ring (bicyclic) bond motifs is 1. The zero-order chi connectivity index (χ0) is 13.5. The van der Waals surface area contributed by atoms with Gasteiger partial charge in [-0.15, -0.1) is 11.3 Å². The smallest absolute Gasteiger partial charge is 0.349 e. The van der Waals surface area contributed by atoms with Gasteiger partial charge in [-0.05, 0) is 33.3 Å². The minimum absolute atomic E-state index is 0.345. The van der Waals surface area contributed by atoms with E-state index in [2.05, 4.69) is 9.97 Å². The van der Waals surface area contributed by atoms with Crippen molar-refractivity contribution in [1.29, 1.82) is 0 Å². The number of carbonyl (C=O) groups is 1. The van der Waals surface area contributed by atoms with E-state index >= 15 is 0 Å². The summed E-state index contributed by atoms with van der Waals surface area (Å²) in [6.07, 6.45) is 1.40. The fraction of sp³-hybridized carbons (Fsp3) is 0.417. The highest BCUT2D eigenvalue weighted by molar-refractivity contribution is 7.20. The Bertz CT molecular complexity index is 614. The Morgan fingerprint density at radius 2 is 2.06 bits per heavy atom. The molecular formula is C12H15N3O2S. The van der Waals surface area contributed by atoms with Crippen molar-refractivity contribution in [2.75, 3.05) is 5.73 Å². The number of hydrogen-bond donors (Lipinski definition) is 1. The van der Waals surface area contributed by atoms with Crippen LogP contribution in [0, 0.1) is 6.92 Å². The van der Waals surface area contributed by atoms with Crippen LogP contribution in [0.25, 0.3) is 10.2 Å². The quantitative estimate of drug-likeness (QED) is 0.802. The first-order valence-corrected chi connectivity index (χ1v) is 6.34. The molecule has 2 aromatic heterocycles. The van der Waals surface area contributed by atoms with Crippen molar-refractivity contribution in [2.45, 2.75) is 33.3 Å². The van der Waals surface area contributed by atoms with E-state index in [1.165, 1.54) is 17.7 Å². The number of rotatable bonds is 1. The summed E-state index contributed by atoms with van der Waals surface area (Å²) in [6.45, 7) is 7.34. The molecule has 0 saturated heterocycles. The summed E-state index contributed by atoms with van der Waals surface area (Å²) < 4.78 is 5.36. The van der Waals surface area contributed by atoms with Crippen LogP contribution < -0.4 is 5.73 Å². The maximum Gasteiger partial charge on any atom is 0.349 e. The first-order valence-electron chi connectivity index (χ1n) is 5.52. The van der Waals surface area contributed by atoms with Crippen LogP contribution in [0.5, 0.6) is 0 Å². The zero-order valence-electron chi connectivity index (χ0n) is 10.8. The number of esters is 1. The minimum Gasteiger partial charge on any atom is -0.456 e. The summed E-state index contributed by atoms with van der Waals surface area (Å²) in [5, 5.41) is 0.739. The number of aryl methyl sites for hydroxylation is 1. The number of anilines is 1. The van der Waals surface area contributed by atoms with Gasteiger partial charge in [-0.3, -0.25) is 0 Å². The number of hydrogen-bond acceptors (Lipinski definition) is 6. The molecule has 18 heavy (non-hydrogen) atoms. The average molecular weight is 265 g/mol. The van der Waals surface area contributed by atoms with Gasteiger partial charge in [0.2, 0.25) is 0 Å². The Labute approximate surface area is 109 Å². The van der Waals surface area contributed by atoms with Crippen LogP contribution in [0.2, 0.25) is 0 Å². The number of ether oxygens (including phenoxy) is 1. The fourth-order valence-corrected chi connectivity index (χ4v) is 2.65. The van der Waals surface area contributed by atoms with Crippen LogP contribution in [0.3, 0.4) is 0 Å². The average Bonchev–Trinajstić information content (AvgIpc) is 2.55. The van der Waals surface area contributed by atoms with Crippen LogP contribution in [0.1, 0.15) is 36.0 Å². The standard InChI is InChI=1S/C12H15N3O2S/c1-6-7-9(13)14-5-15-10(7)18-8(6)11(16)17-12(2,3)4/h5H,1-4H3,(H2,13,14,15). The molecule has 0 bridgehead atoms. The number of aromatic nitrogens is 2. The van der Waals surface area contributed by atoms with Gasteiger partial charge >= 0.3 is 5.97 Å². The molecule has 0 amide bonds. The van der Waals surface area contributed by atoms with Crippen molar-refractivity contribution in [3.05, 3.63) is 16.8 Å². The van der Waals surface area contributed by atoms with E-state index in [1.807, 2.05) is 27.7 Å². The lowest BCUT2D eigenvalue weighted by Crippen LogP contribution is -2.23. The molecule has 96 valence electrons. The predicted molar refractivity (Wildman–Crippen MR) is 71.7 cm³/mol. The van der Waals surface area contributed by atoms with E-state index in [4.69, 9.17) is 10.5 Å². The second-order valence-electron chi connectivity index (χ2n) is 5.00. The molecule has 0 atom stereocenters. The molecule has 5 nitrogen and oxygen atoms in total.